The van der Waals surface area contributed by atoms with Gasteiger partial charge in [0.25, 0.3) is 0 Å². The lowest BCUT2D eigenvalue weighted by Crippen LogP contribution is -2.59. The Kier molecular flexibility index (Phi) is 2.52. The highest BCUT2D eigenvalue weighted by Crippen LogP contribution is 2.45. The predicted molar refractivity (Wildman–Crippen MR) is 59.6 cm³/mol. The van der Waals surface area contributed by atoms with E-state index in [1.165, 1.54) is 0 Å². The summed E-state index contributed by atoms with van der Waals surface area (Å²) in [6, 6.07) is 6.03. The molecule has 0 aliphatic carbocycles. The second-order valence-corrected chi connectivity index (χ2v) is 4.88. The fourth-order valence-electron chi connectivity index (χ4n) is 2.03. The molecule has 1 aliphatic rings. The van der Waals surface area contributed by atoms with E-state index in [-0.39, 0.29) is 10.8 Å². The predicted octanol–water partition coefficient (Wildman–Crippen LogP) is 1.33. The second-order valence-electron chi connectivity index (χ2n) is 4.88. The van der Waals surface area contributed by atoms with Crippen LogP contribution in [-0.4, -0.2) is 24.7 Å². The van der Waals surface area contributed by atoms with Crippen LogP contribution in [0.3, 0.4) is 0 Å². The van der Waals surface area contributed by atoms with Gasteiger partial charge in [-0.25, -0.2) is 0 Å². The average Bonchev–Trinajstić information content (AvgIpc) is 2.17. The van der Waals surface area contributed by atoms with Crippen LogP contribution in [0.2, 0.25) is 0 Å². The number of hydrogen-bond acceptors (Lipinski definition) is 3. The van der Waals surface area contributed by atoms with Crippen molar-refractivity contribution in [3.63, 3.8) is 0 Å². The normalized spacial score (nSPS) is 19.7. The van der Waals surface area contributed by atoms with Crippen molar-refractivity contribution in [3.05, 3.63) is 30.1 Å². The lowest BCUT2D eigenvalue weighted by Gasteiger charge is -2.51. The van der Waals surface area contributed by atoms with E-state index in [1.807, 2.05) is 18.3 Å². The molecule has 2 N–H and O–H groups in total. The summed E-state index contributed by atoms with van der Waals surface area (Å²) in [5.41, 5.74) is 6.99. The van der Waals surface area contributed by atoms with Crippen LogP contribution in [0.25, 0.3) is 0 Å². The summed E-state index contributed by atoms with van der Waals surface area (Å²) in [6.45, 7) is 6.48. The topological polar surface area (TPSA) is 48.1 Å². The monoisotopic (exact) mass is 206 g/mol. The molecule has 1 aromatic rings. The maximum absolute atomic E-state index is 5.86. The van der Waals surface area contributed by atoms with E-state index in [2.05, 4.69) is 24.9 Å². The zero-order valence-corrected chi connectivity index (χ0v) is 9.36. The first-order valence-corrected chi connectivity index (χ1v) is 5.32. The molecule has 0 spiro atoms. The number of hydrogen-bond donors (Lipinski definition) is 1. The van der Waals surface area contributed by atoms with Crippen LogP contribution in [0, 0.1) is 5.41 Å². The summed E-state index contributed by atoms with van der Waals surface area (Å²) in [5.74, 6) is 0. The molecule has 1 fully saturated rings. The lowest BCUT2D eigenvalue weighted by molar-refractivity contribution is -0.118. The van der Waals surface area contributed by atoms with Crippen molar-refractivity contribution in [2.75, 3.05) is 19.8 Å². The molecule has 0 unspecified atom stereocenters. The minimum atomic E-state index is 0.00299. The number of pyridine rings is 1. The molecule has 1 saturated heterocycles. The molecule has 15 heavy (non-hydrogen) atoms. The van der Waals surface area contributed by atoms with Crippen molar-refractivity contribution in [1.82, 2.24) is 4.98 Å². The molecule has 0 bridgehead atoms. The van der Waals surface area contributed by atoms with Crippen LogP contribution in [0.15, 0.2) is 24.4 Å². The van der Waals surface area contributed by atoms with Gasteiger partial charge in [-0.3, -0.25) is 4.98 Å². The molecule has 0 radical (unpaired) electrons. The van der Waals surface area contributed by atoms with E-state index in [9.17, 15) is 0 Å². The van der Waals surface area contributed by atoms with Gasteiger partial charge in [-0.05, 0) is 24.1 Å². The van der Waals surface area contributed by atoms with Gasteiger partial charge in [0.15, 0.2) is 0 Å². The van der Waals surface area contributed by atoms with Crippen molar-refractivity contribution in [2.45, 2.75) is 19.3 Å². The van der Waals surface area contributed by atoms with Crippen molar-refractivity contribution in [3.8, 4) is 0 Å². The van der Waals surface area contributed by atoms with Crippen LogP contribution in [0.5, 0.6) is 0 Å². The van der Waals surface area contributed by atoms with Crippen LogP contribution in [0.4, 0.5) is 0 Å². The number of rotatable bonds is 3. The lowest BCUT2D eigenvalue weighted by atomic mass is 9.62. The van der Waals surface area contributed by atoms with Crippen molar-refractivity contribution >= 4 is 0 Å². The molecule has 1 aliphatic heterocycles. The highest BCUT2D eigenvalue weighted by Gasteiger charge is 2.52. The molecule has 0 atom stereocenters. The van der Waals surface area contributed by atoms with Gasteiger partial charge < -0.3 is 10.5 Å². The minimum Gasteiger partial charge on any atom is -0.379 e. The summed E-state index contributed by atoms with van der Waals surface area (Å²) < 4.78 is 5.39. The van der Waals surface area contributed by atoms with E-state index in [0.717, 1.165) is 18.9 Å². The Morgan fingerprint density at radius 1 is 1.47 bits per heavy atom. The van der Waals surface area contributed by atoms with Gasteiger partial charge in [0.05, 0.1) is 24.3 Å². The first-order valence-electron chi connectivity index (χ1n) is 5.32. The molecule has 0 amide bonds. The fourth-order valence-corrected chi connectivity index (χ4v) is 2.03. The highest BCUT2D eigenvalue weighted by molar-refractivity contribution is 5.24. The van der Waals surface area contributed by atoms with Crippen molar-refractivity contribution in [2.24, 2.45) is 11.1 Å². The second kappa shape index (κ2) is 3.58. The Bertz CT molecular complexity index is 331. The summed E-state index contributed by atoms with van der Waals surface area (Å²) >= 11 is 0. The van der Waals surface area contributed by atoms with E-state index in [0.29, 0.717) is 6.54 Å². The molecule has 3 heteroatoms. The zero-order valence-electron chi connectivity index (χ0n) is 9.36. The third-order valence-electron chi connectivity index (χ3n) is 3.66. The smallest absolute Gasteiger partial charge is 0.0655 e. The van der Waals surface area contributed by atoms with Gasteiger partial charge in [0.2, 0.25) is 0 Å². The van der Waals surface area contributed by atoms with Gasteiger partial charge in [-0.15, -0.1) is 0 Å². The molecular weight excluding hydrogens is 188 g/mol. The molecule has 2 rings (SSSR count). The standard InChI is InChI=1S/C12H18N2O/c1-11(2,7-13)12(8-15-9-12)10-5-3-4-6-14-10/h3-6H,7-9,13H2,1-2H3. The summed E-state index contributed by atoms with van der Waals surface area (Å²) in [7, 11) is 0. The van der Waals surface area contributed by atoms with Crippen LogP contribution < -0.4 is 5.73 Å². The van der Waals surface area contributed by atoms with Crippen molar-refractivity contribution in [1.29, 1.82) is 0 Å². The van der Waals surface area contributed by atoms with E-state index < -0.39 is 0 Å². The fraction of sp³-hybridized carbons (Fsp3) is 0.583. The van der Waals surface area contributed by atoms with E-state index in [1.54, 1.807) is 0 Å². The maximum atomic E-state index is 5.86. The van der Waals surface area contributed by atoms with E-state index in [4.69, 9.17) is 10.5 Å². The number of nitrogens with two attached hydrogens (primary N) is 1. The van der Waals surface area contributed by atoms with Crippen molar-refractivity contribution < 1.29 is 4.74 Å². The van der Waals surface area contributed by atoms with Gasteiger partial charge in [0, 0.05) is 6.20 Å². The Morgan fingerprint density at radius 2 is 2.20 bits per heavy atom. The van der Waals surface area contributed by atoms with Gasteiger partial charge in [-0.1, -0.05) is 19.9 Å². The molecule has 3 nitrogen and oxygen atoms in total. The molecule has 0 saturated carbocycles. The minimum absolute atomic E-state index is 0.00299. The first-order chi connectivity index (χ1) is 7.12. The summed E-state index contributed by atoms with van der Waals surface area (Å²) in [6.07, 6.45) is 1.84. The Morgan fingerprint density at radius 3 is 2.60 bits per heavy atom. The third kappa shape index (κ3) is 1.46. The highest BCUT2D eigenvalue weighted by atomic mass is 16.5. The first kappa shape index (κ1) is 10.6. The SMILES string of the molecule is CC(C)(CN)C1(c2ccccn2)COC1. The molecule has 2 heterocycles. The molecular formula is C12H18N2O. The Labute approximate surface area is 90.7 Å². The number of ether oxygens (including phenoxy) is 1. The van der Waals surface area contributed by atoms with Crippen LogP contribution >= 0.6 is 0 Å². The quantitative estimate of drug-likeness (QED) is 0.811. The Balaban J connectivity index is 2.39. The summed E-state index contributed by atoms with van der Waals surface area (Å²) in [4.78, 5) is 4.45. The zero-order chi connectivity index (χ0) is 10.9. The molecule has 0 aromatic carbocycles. The van der Waals surface area contributed by atoms with E-state index >= 15 is 0 Å². The largest absolute Gasteiger partial charge is 0.379 e. The van der Waals surface area contributed by atoms with Gasteiger partial charge >= 0.3 is 0 Å². The molecule has 82 valence electrons. The van der Waals surface area contributed by atoms with Crippen LogP contribution in [-0.2, 0) is 10.2 Å². The third-order valence-corrected chi connectivity index (χ3v) is 3.66. The van der Waals surface area contributed by atoms with Gasteiger partial charge in [0.1, 0.15) is 0 Å². The molecule has 1 aromatic heterocycles. The van der Waals surface area contributed by atoms with Crippen LogP contribution in [0.1, 0.15) is 19.5 Å². The Hall–Kier alpha value is -0.930. The number of nitrogens with zero attached hydrogens (tertiary/aromatic N) is 1. The summed E-state index contributed by atoms with van der Waals surface area (Å²) in [5, 5.41) is 0. The van der Waals surface area contributed by atoms with Gasteiger partial charge in [-0.2, -0.15) is 0 Å². The number of aromatic nitrogens is 1. The average molecular weight is 206 g/mol. The maximum Gasteiger partial charge on any atom is 0.0655 e.